The van der Waals surface area contributed by atoms with E-state index in [1.165, 1.54) is 6.92 Å². The standard InChI is InChI=1S/C10H7F6NO2/c1-2-19-9(18)6-4(10(14,15)16)3-5(7(11)12)17-8(6)13/h3,7H,2H2,1H3. The molecule has 0 spiro atoms. The Kier molecular flexibility index (Phi) is 4.38. The molecule has 9 heteroatoms. The number of halogens is 6. The van der Waals surface area contributed by atoms with Crippen LogP contribution in [0.1, 0.15) is 35.0 Å². The molecular formula is C10H7F6NO2. The monoisotopic (exact) mass is 287 g/mol. The van der Waals surface area contributed by atoms with Crippen molar-refractivity contribution in [2.75, 3.05) is 6.61 Å². The number of carbonyl (C=O) groups is 1. The fourth-order valence-corrected chi connectivity index (χ4v) is 1.27. The Balaban J connectivity index is 3.48. The molecule has 1 rings (SSSR count). The summed E-state index contributed by atoms with van der Waals surface area (Å²) in [6.07, 6.45) is -8.58. The van der Waals surface area contributed by atoms with Crippen LogP contribution in [0.25, 0.3) is 0 Å². The molecule has 0 aliphatic rings. The van der Waals surface area contributed by atoms with Gasteiger partial charge in [0.1, 0.15) is 11.3 Å². The van der Waals surface area contributed by atoms with E-state index in [4.69, 9.17) is 0 Å². The van der Waals surface area contributed by atoms with Gasteiger partial charge < -0.3 is 4.74 Å². The first-order valence-electron chi connectivity index (χ1n) is 4.91. The maximum atomic E-state index is 13.3. The Morgan fingerprint density at radius 1 is 1.42 bits per heavy atom. The van der Waals surface area contributed by atoms with Crippen LogP contribution in [0.4, 0.5) is 26.3 Å². The fraction of sp³-hybridized carbons (Fsp3) is 0.400. The minimum atomic E-state index is -5.19. The quantitative estimate of drug-likeness (QED) is 0.486. The normalized spacial score (nSPS) is 11.8. The second-order valence-electron chi connectivity index (χ2n) is 3.28. The third-order valence-corrected chi connectivity index (χ3v) is 2.00. The van der Waals surface area contributed by atoms with Crippen LogP contribution in [-0.2, 0) is 10.9 Å². The third-order valence-electron chi connectivity index (χ3n) is 2.00. The number of pyridine rings is 1. The number of ether oxygens (including phenoxy) is 1. The van der Waals surface area contributed by atoms with E-state index in [0.717, 1.165) is 0 Å². The summed E-state index contributed by atoms with van der Waals surface area (Å²) < 4.78 is 80.0. The number of nitrogens with zero attached hydrogens (tertiary/aromatic N) is 1. The van der Waals surface area contributed by atoms with Crippen molar-refractivity contribution in [3.05, 3.63) is 28.8 Å². The van der Waals surface area contributed by atoms with Gasteiger partial charge in [0, 0.05) is 0 Å². The van der Waals surface area contributed by atoms with Crippen molar-refractivity contribution in [3.8, 4) is 0 Å². The number of hydrogen-bond donors (Lipinski definition) is 0. The number of aromatic nitrogens is 1. The Labute approximate surface area is 103 Å². The van der Waals surface area contributed by atoms with E-state index >= 15 is 0 Å². The van der Waals surface area contributed by atoms with E-state index < -0.39 is 41.3 Å². The molecule has 0 amide bonds. The molecule has 1 aromatic heterocycles. The van der Waals surface area contributed by atoms with Crippen molar-refractivity contribution in [2.45, 2.75) is 19.5 Å². The van der Waals surface area contributed by atoms with Gasteiger partial charge in [-0.1, -0.05) is 0 Å². The number of rotatable bonds is 3. The molecule has 0 fully saturated rings. The summed E-state index contributed by atoms with van der Waals surface area (Å²) in [7, 11) is 0. The molecule has 0 aliphatic heterocycles. The first kappa shape index (κ1) is 15.3. The minimum absolute atomic E-state index is 0.0694. The Morgan fingerprint density at radius 2 is 2.00 bits per heavy atom. The van der Waals surface area contributed by atoms with Crippen molar-refractivity contribution in [1.82, 2.24) is 4.98 Å². The summed E-state index contributed by atoms with van der Waals surface area (Å²) in [5.41, 5.74) is -4.75. The molecule has 1 aromatic rings. The molecule has 19 heavy (non-hydrogen) atoms. The molecule has 0 radical (unpaired) electrons. The molecule has 106 valence electrons. The Morgan fingerprint density at radius 3 is 2.42 bits per heavy atom. The van der Waals surface area contributed by atoms with E-state index in [1.807, 2.05) is 0 Å². The lowest BCUT2D eigenvalue weighted by Gasteiger charge is -2.13. The van der Waals surface area contributed by atoms with Crippen molar-refractivity contribution >= 4 is 5.97 Å². The van der Waals surface area contributed by atoms with Gasteiger partial charge >= 0.3 is 12.1 Å². The molecule has 0 saturated carbocycles. The van der Waals surface area contributed by atoms with Crippen LogP contribution in [0.2, 0.25) is 0 Å². The maximum Gasteiger partial charge on any atom is 0.417 e. The predicted octanol–water partition coefficient (Wildman–Crippen LogP) is 3.35. The molecule has 1 heterocycles. The smallest absolute Gasteiger partial charge is 0.417 e. The molecule has 0 unspecified atom stereocenters. The Hall–Kier alpha value is -1.80. The second-order valence-corrected chi connectivity index (χ2v) is 3.28. The van der Waals surface area contributed by atoms with Gasteiger partial charge in [0.05, 0.1) is 12.2 Å². The lowest BCUT2D eigenvalue weighted by atomic mass is 10.1. The van der Waals surface area contributed by atoms with Gasteiger partial charge in [0.2, 0.25) is 5.95 Å². The zero-order chi connectivity index (χ0) is 14.8. The summed E-state index contributed by atoms with van der Waals surface area (Å²) in [4.78, 5) is 13.9. The van der Waals surface area contributed by atoms with Gasteiger partial charge in [-0.15, -0.1) is 0 Å². The van der Waals surface area contributed by atoms with Crippen LogP contribution in [0.5, 0.6) is 0 Å². The highest BCUT2D eigenvalue weighted by Crippen LogP contribution is 2.35. The molecule has 0 atom stereocenters. The van der Waals surface area contributed by atoms with Crippen molar-refractivity contribution in [1.29, 1.82) is 0 Å². The van der Waals surface area contributed by atoms with Crippen LogP contribution < -0.4 is 0 Å². The van der Waals surface area contributed by atoms with Crippen molar-refractivity contribution in [2.24, 2.45) is 0 Å². The van der Waals surface area contributed by atoms with Crippen LogP contribution in [0, 0.1) is 5.95 Å². The van der Waals surface area contributed by atoms with Crippen LogP contribution in [0.3, 0.4) is 0 Å². The van der Waals surface area contributed by atoms with Crippen molar-refractivity contribution in [3.63, 3.8) is 0 Å². The number of carbonyl (C=O) groups excluding carboxylic acids is 1. The number of alkyl halides is 5. The highest BCUT2D eigenvalue weighted by molar-refractivity contribution is 5.91. The first-order valence-corrected chi connectivity index (χ1v) is 4.91. The van der Waals surface area contributed by atoms with Crippen LogP contribution in [0.15, 0.2) is 6.07 Å². The molecule has 0 saturated heterocycles. The first-order chi connectivity index (χ1) is 8.68. The van der Waals surface area contributed by atoms with Gasteiger partial charge in [0.25, 0.3) is 6.43 Å². The average Bonchev–Trinajstić information content (AvgIpc) is 2.26. The van der Waals surface area contributed by atoms with Gasteiger partial charge in [0.15, 0.2) is 0 Å². The maximum absolute atomic E-state index is 13.3. The minimum Gasteiger partial charge on any atom is -0.462 e. The molecule has 3 nitrogen and oxygen atoms in total. The lowest BCUT2D eigenvalue weighted by Crippen LogP contribution is -2.19. The highest BCUT2D eigenvalue weighted by atomic mass is 19.4. The fourth-order valence-electron chi connectivity index (χ4n) is 1.27. The van der Waals surface area contributed by atoms with E-state index in [0.29, 0.717) is 0 Å². The van der Waals surface area contributed by atoms with Crippen LogP contribution >= 0.6 is 0 Å². The van der Waals surface area contributed by atoms with Gasteiger partial charge in [-0.25, -0.2) is 18.6 Å². The van der Waals surface area contributed by atoms with Crippen molar-refractivity contribution < 1.29 is 35.9 Å². The zero-order valence-corrected chi connectivity index (χ0v) is 9.39. The third kappa shape index (κ3) is 3.36. The lowest BCUT2D eigenvalue weighted by molar-refractivity contribution is -0.138. The molecule has 0 aromatic carbocycles. The van der Waals surface area contributed by atoms with E-state index in [1.54, 1.807) is 0 Å². The number of hydrogen-bond acceptors (Lipinski definition) is 3. The molecule has 0 aliphatic carbocycles. The van der Waals surface area contributed by atoms with E-state index in [2.05, 4.69) is 9.72 Å². The topological polar surface area (TPSA) is 39.2 Å². The largest absolute Gasteiger partial charge is 0.462 e. The predicted molar refractivity (Wildman–Crippen MR) is 50.1 cm³/mol. The molecular weight excluding hydrogens is 280 g/mol. The van der Waals surface area contributed by atoms with Gasteiger partial charge in [-0.05, 0) is 13.0 Å². The summed E-state index contributed by atoms with van der Waals surface area (Å²) in [5.74, 6) is -3.55. The van der Waals surface area contributed by atoms with E-state index in [9.17, 15) is 31.1 Å². The summed E-state index contributed by atoms with van der Waals surface area (Å²) in [6.45, 7) is 0.996. The zero-order valence-electron chi connectivity index (χ0n) is 9.39. The van der Waals surface area contributed by atoms with Gasteiger partial charge in [-0.2, -0.15) is 17.6 Å². The van der Waals surface area contributed by atoms with Gasteiger partial charge in [-0.3, -0.25) is 0 Å². The summed E-state index contributed by atoms with van der Waals surface area (Å²) in [6, 6.07) is -0.0694. The second kappa shape index (κ2) is 5.45. The SMILES string of the molecule is CCOC(=O)c1c(C(F)(F)F)cc(C(F)F)nc1F. The Bertz CT molecular complexity index is 486. The summed E-state index contributed by atoms with van der Waals surface area (Å²) in [5, 5.41) is 0. The number of esters is 1. The summed E-state index contributed by atoms with van der Waals surface area (Å²) >= 11 is 0. The van der Waals surface area contributed by atoms with E-state index in [-0.39, 0.29) is 12.7 Å². The molecule has 0 bridgehead atoms. The molecule has 0 N–H and O–H groups in total. The highest BCUT2D eigenvalue weighted by Gasteiger charge is 2.39. The average molecular weight is 287 g/mol. The van der Waals surface area contributed by atoms with Crippen LogP contribution in [-0.4, -0.2) is 17.6 Å².